The van der Waals surface area contributed by atoms with Crippen LogP contribution in [0.1, 0.15) is 18.5 Å². The molecule has 22 heavy (non-hydrogen) atoms. The fraction of sp³-hybridized carbons (Fsp3) is 0.353. The Morgan fingerprint density at radius 2 is 2.05 bits per heavy atom. The number of carbonyl (C=O) groups excluding carboxylic acids is 1. The molecule has 0 fully saturated rings. The molecule has 0 unspecified atom stereocenters. The van der Waals surface area contributed by atoms with Gasteiger partial charge in [-0.25, -0.2) is 4.98 Å². The van der Waals surface area contributed by atoms with Crippen LogP contribution in [0.5, 0.6) is 0 Å². The fourth-order valence-electron chi connectivity index (χ4n) is 2.74. The largest absolute Gasteiger partial charge is 0.354 e. The van der Waals surface area contributed by atoms with Crippen molar-refractivity contribution in [2.75, 3.05) is 6.54 Å². The van der Waals surface area contributed by atoms with Gasteiger partial charge in [-0.15, -0.1) is 0 Å². The highest BCUT2D eigenvalue weighted by atomic mass is 16.1. The van der Waals surface area contributed by atoms with Gasteiger partial charge < -0.3 is 9.88 Å². The zero-order valence-corrected chi connectivity index (χ0v) is 12.7. The fourth-order valence-corrected chi connectivity index (χ4v) is 2.74. The van der Waals surface area contributed by atoms with Gasteiger partial charge in [0.15, 0.2) is 0 Å². The molecule has 0 aliphatic heterocycles. The standard InChI is InChI=1S/C17H20N4O/c1-13-12-20-16(14-6-8-18-9-7-14)21(13)11-10-19-17(22)15-4-2-3-5-15/h2-3,6-9,12,15H,4-5,10-11H2,1H3,(H,19,22). The lowest BCUT2D eigenvalue weighted by Crippen LogP contribution is -2.32. The van der Waals surface area contributed by atoms with Gasteiger partial charge in [-0.3, -0.25) is 9.78 Å². The van der Waals surface area contributed by atoms with E-state index in [1.54, 1.807) is 12.4 Å². The van der Waals surface area contributed by atoms with E-state index in [1.165, 1.54) is 0 Å². The summed E-state index contributed by atoms with van der Waals surface area (Å²) in [5.74, 6) is 1.17. The first-order valence-electron chi connectivity index (χ1n) is 7.61. The Bertz CT molecular complexity index is 667. The number of aromatic nitrogens is 3. The second kappa shape index (κ2) is 6.56. The van der Waals surface area contributed by atoms with Crippen LogP contribution in [-0.4, -0.2) is 27.0 Å². The minimum atomic E-state index is 0.114. The van der Waals surface area contributed by atoms with E-state index in [-0.39, 0.29) is 11.8 Å². The minimum Gasteiger partial charge on any atom is -0.354 e. The van der Waals surface area contributed by atoms with Crippen molar-refractivity contribution in [1.29, 1.82) is 0 Å². The van der Waals surface area contributed by atoms with Crippen LogP contribution in [0, 0.1) is 12.8 Å². The number of allylic oxidation sites excluding steroid dienone is 2. The van der Waals surface area contributed by atoms with Gasteiger partial charge in [-0.05, 0) is 31.9 Å². The van der Waals surface area contributed by atoms with Gasteiger partial charge in [0.05, 0.1) is 0 Å². The van der Waals surface area contributed by atoms with E-state index in [4.69, 9.17) is 0 Å². The van der Waals surface area contributed by atoms with Crippen LogP contribution in [0.25, 0.3) is 11.4 Å². The number of hydrogen-bond acceptors (Lipinski definition) is 3. The molecule has 0 atom stereocenters. The van der Waals surface area contributed by atoms with Crippen LogP contribution < -0.4 is 5.32 Å². The molecule has 0 saturated carbocycles. The maximum absolute atomic E-state index is 12.0. The van der Waals surface area contributed by atoms with Crippen molar-refractivity contribution in [3.05, 3.63) is 48.6 Å². The summed E-state index contributed by atoms with van der Waals surface area (Å²) < 4.78 is 2.13. The van der Waals surface area contributed by atoms with E-state index in [9.17, 15) is 4.79 Å². The molecule has 114 valence electrons. The number of carbonyl (C=O) groups is 1. The molecule has 0 aromatic carbocycles. The van der Waals surface area contributed by atoms with E-state index >= 15 is 0 Å². The minimum absolute atomic E-state index is 0.114. The Kier molecular flexibility index (Phi) is 4.32. The Labute approximate surface area is 130 Å². The SMILES string of the molecule is Cc1cnc(-c2ccncc2)n1CCNC(=O)C1CC=CC1. The molecule has 5 nitrogen and oxygen atoms in total. The number of nitrogens with zero attached hydrogens (tertiary/aromatic N) is 3. The summed E-state index contributed by atoms with van der Waals surface area (Å²) in [5, 5.41) is 3.03. The van der Waals surface area contributed by atoms with Gasteiger partial charge >= 0.3 is 0 Å². The Balaban J connectivity index is 1.63. The van der Waals surface area contributed by atoms with Gasteiger partial charge in [0.1, 0.15) is 5.82 Å². The number of imidazole rings is 1. The molecule has 2 aromatic heterocycles. The number of hydrogen-bond donors (Lipinski definition) is 1. The monoisotopic (exact) mass is 296 g/mol. The molecule has 2 aromatic rings. The zero-order chi connectivity index (χ0) is 15.4. The van der Waals surface area contributed by atoms with Crippen LogP contribution >= 0.6 is 0 Å². The molecule has 3 rings (SSSR count). The summed E-state index contributed by atoms with van der Waals surface area (Å²) in [6, 6.07) is 3.89. The quantitative estimate of drug-likeness (QED) is 0.862. The first-order valence-corrected chi connectivity index (χ1v) is 7.61. The average molecular weight is 296 g/mol. The molecule has 0 bridgehead atoms. The molecule has 1 amide bonds. The van der Waals surface area contributed by atoms with Crippen molar-refractivity contribution in [1.82, 2.24) is 19.9 Å². The number of nitrogens with one attached hydrogen (secondary N) is 1. The van der Waals surface area contributed by atoms with Crippen molar-refractivity contribution in [2.24, 2.45) is 5.92 Å². The van der Waals surface area contributed by atoms with Gasteiger partial charge in [0, 0.05) is 48.9 Å². The van der Waals surface area contributed by atoms with E-state index in [0.29, 0.717) is 6.54 Å². The number of aryl methyl sites for hydroxylation is 1. The molecule has 1 N–H and O–H groups in total. The third-order valence-corrected chi connectivity index (χ3v) is 4.01. The van der Waals surface area contributed by atoms with Gasteiger partial charge in [0.2, 0.25) is 5.91 Å². The van der Waals surface area contributed by atoms with Gasteiger partial charge in [0.25, 0.3) is 0 Å². The van der Waals surface area contributed by atoms with Crippen LogP contribution in [0.4, 0.5) is 0 Å². The predicted molar refractivity (Wildman–Crippen MR) is 85.1 cm³/mol. The van der Waals surface area contributed by atoms with Crippen molar-refractivity contribution < 1.29 is 4.79 Å². The molecule has 0 saturated heterocycles. The Morgan fingerprint density at radius 3 is 2.77 bits per heavy atom. The highest BCUT2D eigenvalue weighted by Gasteiger charge is 2.18. The van der Waals surface area contributed by atoms with Crippen molar-refractivity contribution in [3.8, 4) is 11.4 Å². The summed E-state index contributed by atoms with van der Waals surface area (Å²) >= 11 is 0. The molecule has 1 aliphatic rings. The number of pyridine rings is 1. The molecular weight excluding hydrogens is 276 g/mol. The molecule has 0 radical (unpaired) electrons. The maximum atomic E-state index is 12.0. The first kappa shape index (κ1) is 14.5. The number of amides is 1. The summed E-state index contributed by atoms with van der Waals surface area (Å²) in [7, 11) is 0. The second-order valence-corrected chi connectivity index (χ2v) is 5.54. The van der Waals surface area contributed by atoms with Crippen molar-refractivity contribution in [2.45, 2.75) is 26.3 Å². The lowest BCUT2D eigenvalue weighted by atomic mass is 10.1. The third-order valence-electron chi connectivity index (χ3n) is 4.01. The molecule has 5 heteroatoms. The Hall–Kier alpha value is -2.43. The summed E-state index contributed by atoms with van der Waals surface area (Å²) in [6.45, 7) is 3.36. The maximum Gasteiger partial charge on any atom is 0.223 e. The highest BCUT2D eigenvalue weighted by Crippen LogP contribution is 2.19. The van der Waals surface area contributed by atoms with E-state index < -0.39 is 0 Å². The predicted octanol–water partition coefficient (Wildman–Crippen LogP) is 2.34. The average Bonchev–Trinajstić information content (AvgIpc) is 3.19. The highest BCUT2D eigenvalue weighted by molar-refractivity contribution is 5.79. The van der Waals surface area contributed by atoms with Crippen LogP contribution in [0.15, 0.2) is 42.9 Å². The van der Waals surface area contributed by atoms with Crippen LogP contribution in [0.3, 0.4) is 0 Å². The van der Waals surface area contributed by atoms with Crippen molar-refractivity contribution in [3.63, 3.8) is 0 Å². The van der Waals surface area contributed by atoms with E-state index in [0.717, 1.165) is 36.5 Å². The third kappa shape index (κ3) is 3.08. The van der Waals surface area contributed by atoms with Gasteiger partial charge in [-0.2, -0.15) is 0 Å². The van der Waals surface area contributed by atoms with E-state index in [1.807, 2.05) is 25.3 Å². The molecule has 0 spiro atoms. The lowest BCUT2D eigenvalue weighted by molar-refractivity contribution is -0.124. The summed E-state index contributed by atoms with van der Waals surface area (Å²) in [4.78, 5) is 20.5. The number of rotatable bonds is 5. The molecule has 2 heterocycles. The van der Waals surface area contributed by atoms with Crippen LogP contribution in [0.2, 0.25) is 0 Å². The van der Waals surface area contributed by atoms with E-state index in [2.05, 4.69) is 32.0 Å². The second-order valence-electron chi connectivity index (χ2n) is 5.54. The van der Waals surface area contributed by atoms with Crippen molar-refractivity contribution >= 4 is 5.91 Å². The first-order chi connectivity index (χ1) is 10.8. The molecular formula is C17H20N4O. The smallest absolute Gasteiger partial charge is 0.223 e. The lowest BCUT2D eigenvalue weighted by Gasteiger charge is -2.13. The zero-order valence-electron chi connectivity index (χ0n) is 12.7. The van der Waals surface area contributed by atoms with Gasteiger partial charge in [-0.1, -0.05) is 12.2 Å². The molecule has 1 aliphatic carbocycles. The topological polar surface area (TPSA) is 59.8 Å². The Morgan fingerprint density at radius 1 is 1.32 bits per heavy atom. The van der Waals surface area contributed by atoms with Crippen LogP contribution in [-0.2, 0) is 11.3 Å². The normalized spacial score (nSPS) is 14.4. The summed E-state index contributed by atoms with van der Waals surface area (Å²) in [5.41, 5.74) is 2.12. The summed E-state index contributed by atoms with van der Waals surface area (Å²) in [6.07, 6.45) is 11.3.